The van der Waals surface area contributed by atoms with Gasteiger partial charge >= 0.3 is 0 Å². The average Bonchev–Trinajstić information content (AvgIpc) is 2.92. The lowest BCUT2D eigenvalue weighted by molar-refractivity contribution is 0.105. The van der Waals surface area contributed by atoms with E-state index in [1.165, 1.54) is 4.73 Å². The first-order valence-electron chi connectivity index (χ1n) is 6.44. The molecule has 1 aromatic carbocycles. The van der Waals surface area contributed by atoms with Crippen LogP contribution in [0.5, 0.6) is 0 Å². The van der Waals surface area contributed by atoms with Crippen LogP contribution in [0, 0.1) is 5.41 Å². The Labute approximate surface area is 115 Å². The van der Waals surface area contributed by atoms with Crippen LogP contribution in [-0.2, 0) is 13.2 Å². The Morgan fingerprint density at radius 2 is 1.95 bits per heavy atom. The molecule has 0 aliphatic rings. The summed E-state index contributed by atoms with van der Waals surface area (Å²) in [5, 5.41) is 7.91. The van der Waals surface area contributed by atoms with E-state index in [0.29, 0.717) is 17.8 Å². The Balaban J connectivity index is 1.95. The molecular weight excluding hydrogens is 254 g/mol. The second-order valence-electron chi connectivity index (χ2n) is 4.38. The van der Waals surface area contributed by atoms with Gasteiger partial charge in [-0.05, 0) is 12.5 Å². The van der Waals surface area contributed by atoms with Crippen LogP contribution in [0.1, 0.15) is 12.5 Å². The van der Waals surface area contributed by atoms with E-state index < -0.39 is 0 Å². The fourth-order valence-electron chi connectivity index (χ4n) is 2.04. The van der Waals surface area contributed by atoms with Crippen LogP contribution < -0.4 is 10.3 Å². The highest BCUT2D eigenvalue weighted by atomic mass is 16.7. The van der Waals surface area contributed by atoms with Crippen molar-refractivity contribution in [2.45, 2.75) is 20.1 Å². The van der Waals surface area contributed by atoms with Crippen molar-refractivity contribution in [3.63, 3.8) is 0 Å². The average molecular weight is 269 g/mol. The molecule has 0 saturated carbocycles. The molecule has 102 valence electrons. The van der Waals surface area contributed by atoms with Gasteiger partial charge in [-0.15, -0.1) is 0 Å². The molecule has 1 N–H and O–H groups in total. The fourth-order valence-corrected chi connectivity index (χ4v) is 2.04. The third-order valence-electron chi connectivity index (χ3n) is 3.09. The van der Waals surface area contributed by atoms with E-state index in [-0.39, 0.29) is 5.49 Å². The lowest BCUT2D eigenvalue weighted by Gasteiger charge is -2.08. The third-order valence-corrected chi connectivity index (χ3v) is 3.09. The molecule has 0 aliphatic heterocycles. The lowest BCUT2D eigenvalue weighted by Crippen LogP contribution is -2.18. The minimum atomic E-state index is 0.162. The number of rotatable bonds is 4. The molecule has 2 aromatic heterocycles. The fraction of sp³-hybridized carbons (Fsp3) is 0.214. The number of aryl methyl sites for hydroxylation is 1. The van der Waals surface area contributed by atoms with E-state index >= 15 is 0 Å². The molecule has 3 aromatic rings. The van der Waals surface area contributed by atoms with Gasteiger partial charge in [-0.2, -0.15) is 4.73 Å². The Bertz CT molecular complexity index is 775. The predicted molar refractivity (Wildman–Crippen MR) is 73.8 cm³/mol. The number of nitrogens with zero attached hydrogens (tertiary/aromatic N) is 4. The van der Waals surface area contributed by atoms with Gasteiger partial charge in [0.15, 0.2) is 16.7 Å². The highest BCUT2D eigenvalue weighted by molar-refractivity contribution is 5.68. The van der Waals surface area contributed by atoms with Crippen LogP contribution in [0.15, 0.2) is 43.0 Å². The van der Waals surface area contributed by atoms with Crippen molar-refractivity contribution in [2.75, 3.05) is 0 Å². The van der Waals surface area contributed by atoms with E-state index in [1.807, 2.05) is 41.8 Å². The zero-order valence-corrected chi connectivity index (χ0v) is 11.2. The standard InChI is InChI=1S/C14H15N5O/c1-2-18-9-16-13(15)12-14(18)17-10-19(12)20-8-11-6-4-3-5-7-11/h3-7,9-10,15H,2,8H2,1H3. The summed E-state index contributed by atoms with van der Waals surface area (Å²) in [7, 11) is 0. The Hall–Kier alpha value is -2.63. The van der Waals surface area contributed by atoms with Crippen LogP contribution in [0.25, 0.3) is 11.2 Å². The summed E-state index contributed by atoms with van der Waals surface area (Å²) in [6, 6.07) is 9.88. The van der Waals surface area contributed by atoms with Crippen LogP contribution in [-0.4, -0.2) is 19.3 Å². The minimum Gasteiger partial charge on any atom is -0.407 e. The molecule has 0 aliphatic carbocycles. The number of aromatic nitrogens is 4. The zero-order chi connectivity index (χ0) is 13.9. The van der Waals surface area contributed by atoms with E-state index in [4.69, 9.17) is 10.2 Å². The van der Waals surface area contributed by atoms with Gasteiger partial charge in [0.2, 0.25) is 0 Å². The molecule has 0 bridgehead atoms. The molecule has 0 atom stereocenters. The number of benzene rings is 1. The summed E-state index contributed by atoms with van der Waals surface area (Å²) in [5.74, 6) is 0. The van der Waals surface area contributed by atoms with Crippen molar-refractivity contribution >= 4 is 11.2 Å². The van der Waals surface area contributed by atoms with Gasteiger partial charge < -0.3 is 9.40 Å². The van der Waals surface area contributed by atoms with Gasteiger partial charge in [-0.3, -0.25) is 5.41 Å². The van der Waals surface area contributed by atoms with Crippen molar-refractivity contribution in [2.24, 2.45) is 0 Å². The van der Waals surface area contributed by atoms with Crippen LogP contribution >= 0.6 is 0 Å². The summed E-state index contributed by atoms with van der Waals surface area (Å²) in [4.78, 5) is 14.1. The molecule has 6 heteroatoms. The van der Waals surface area contributed by atoms with Crippen LogP contribution in [0.4, 0.5) is 0 Å². The maximum Gasteiger partial charge on any atom is 0.177 e. The maximum absolute atomic E-state index is 7.91. The highest BCUT2D eigenvalue weighted by Gasteiger charge is 2.09. The minimum absolute atomic E-state index is 0.162. The van der Waals surface area contributed by atoms with Crippen molar-refractivity contribution in [1.29, 1.82) is 5.41 Å². The van der Waals surface area contributed by atoms with E-state index in [9.17, 15) is 0 Å². The molecule has 0 amide bonds. The van der Waals surface area contributed by atoms with Crippen molar-refractivity contribution in [3.05, 3.63) is 54.0 Å². The normalized spacial score (nSPS) is 10.8. The molecule has 0 spiro atoms. The summed E-state index contributed by atoms with van der Waals surface area (Å²) < 4.78 is 3.40. The summed E-state index contributed by atoms with van der Waals surface area (Å²) in [6.07, 6.45) is 3.21. The van der Waals surface area contributed by atoms with Gasteiger partial charge in [0.1, 0.15) is 12.9 Å². The van der Waals surface area contributed by atoms with Crippen LogP contribution in [0.2, 0.25) is 0 Å². The predicted octanol–water partition coefficient (Wildman–Crippen LogP) is 1.36. The Morgan fingerprint density at radius 1 is 1.15 bits per heavy atom. The SMILES string of the molecule is CCn1cnc(=N)c2c1ncn2OCc1ccccc1. The quantitative estimate of drug-likeness (QED) is 0.777. The molecular formula is C14H15N5O. The van der Waals surface area contributed by atoms with Gasteiger partial charge in [0.25, 0.3) is 0 Å². The molecule has 6 nitrogen and oxygen atoms in total. The van der Waals surface area contributed by atoms with Crippen molar-refractivity contribution in [3.8, 4) is 0 Å². The number of imidazole rings is 1. The van der Waals surface area contributed by atoms with Crippen LogP contribution in [0.3, 0.4) is 0 Å². The zero-order valence-electron chi connectivity index (χ0n) is 11.2. The third kappa shape index (κ3) is 2.16. The summed E-state index contributed by atoms with van der Waals surface area (Å²) >= 11 is 0. The Morgan fingerprint density at radius 3 is 2.70 bits per heavy atom. The van der Waals surface area contributed by atoms with Gasteiger partial charge in [-0.1, -0.05) is 30.3 Å². The molecule has 0 saturated heterocycles. The molecule has 0 radical (unpaired) electrons. The van der Waals surface area contributed by atoms with Crippen molar-refractivity contribution < 1.29 is 4.84 Å². The maximum atomic E-state index is 7.91. The van der Waals surface area contributed by atoms with E-state index in [1.54, 1.807) is 12.7 Å². The van der Waals surface area contributed by atoms with E-state index in [2.05, 4.69) is 9.97 Å². The molecule has 20 heavy (non-hydrogen) atoms. The molecule has 3 rings (SSSR count). The lowest BCUT2D eigenvalue weighted by atomic mass is 10.2. The van der Waals surface area contributed by atoms with E-state index in [0.717, 1.165) is 12.1 Å². The highest BCUT2D eigenvalue weighted by Crippen LogP contribution is 2.07. The first kappa shape index (κ1) is 12.4. The van der Waals surface area contributed by atoms with Crippen molar-refractivity contribution in [1.82, 2.24) is 19.3 Å². The first-order chi connectivity index (χ1) is 9.79. The first-order valence-corrected chi connectivity index (χ1v) is 6.44. The second kappa shape index (κ2) is 5.16. The second-order valence-corrected chi connectivity index (χ2v) is 4.38. The number of fused-ring (bicyclic) bond motifs is 1. The molecule has 0 unspecified atom stereocenters. The van der Waals surface area contributed by atoms with Gasteiger partial charge in [-0.25, -0.2) is 9.97 Å². The molecule has 0 fully saturated rings. The topological polar surface area (TPSA) is 68.7 Å². The van der Waals surface area contributed by atoms with Gasteiger partial charge in [0.05, 0.1) is 6.33 Å². The summed E-state index contributed by atoms with van der Waals surface area (Å²) in [5.41, 5.74) is 2.52. The molecule has 2 heterocycles. The number of hydrogen-bond acceptors (Lipinski definition) is 4. The van der Waals surface area contributed by atoms with Gasteiger partial charge in [0, 0.05) is 6.54 Å². The number of hydrogen-bond donors (Lipinski definition) is 1. The monoisotopic (exact) mass is 269 g/mol. The Kier molecular flexibility index (Phi) is 3.20. The number of nitrogens with one attached hydrogen (secondary N) is 1. The largest absolute Gasteiger partial charge is 0.407 e. The summed E-state index contributed by atoms with van der Waals surface area (Å²) in [6.45, 7) is 3.18. The smallest absolute Gasteiger partial charge is 0.177 e.